The fourth-order valence-electron chi connectivity index (χ4n) is 3.10. The second kappa shape index (κ2) is 8.40. The lowest BCUT2D eigenvalue weighted by molar-refractivity contribution is 0.102. The molecule has 7 heteroatoms. The third-order valence-corrected chi connectivity index (χ3v) is 4.54. The van der Waals surface area contributed by atoms with Gasteiger partial charge in [0.05, 0.1) is 16.8 Å². The number of rotatable bonds is 4. The van der Waals surface area contributed by atoms with Gasteiger partial charge in [-0.25, -0.2) is 9.78 Å². The minimum absolute atomic E-state index is 0.263. The van der Waals surface area contributed by atoms with Crippen molar-refractivity contribution in [1.82, 2.24) is 15.3 Å². The van der Waals surface area contributed by atoms with E-state index < -0.39 is 0 Å². The molecule has 2 heterocycles. The summed E-state index contributed by atoms with van der Waals surface area (Å²) < 4.78 is 0. The Morgan fingerprint density at radius 2 is 1.57 bits per heavy atom. The van der Waals surface area contributed by atoms with Crippen LogP contribution in [0.3, 0.4) is 0 Å². The highest BCUT2D eigenvalue weighted by Crippen LogP contribution is 2.25. The third-order valence-electron chi connectivity index (χ3n) is 4.54. The molecule has 0 aliphatic rings. The minimum atomic E-state index is -0.333. The van der Waals surface area contributed by atoms with Crippen LogP contribution in [0.5, 0.6) is 0 Å². The van der Waals surface area contributed by atoms with Gasteiger partial charge in [-0.05, 0) is 42.5 Å². The average Bonchev–Trinajstić information content (AvgIpc) is 2.79. The van der Waals surface area contributed by atoms with Gasteiger partial charge in [0.25, 0.3) is 5.91 Å². The van der Waals surface area contributed by atoms with Gasteiger partial charge in [0.1, 0.15) is 0 Å². The predicted molar refractivity (Wildman–Crippen MR) is 117 cm³/mol. The third kappa shape index (κ3) is 4.10. The summed E-state index contributed by atoms with van der Waals surface area (Å²) in [6, 6.07) is 19.6. The molecule has 3 amide bonds. The van der Waals surface area contributed by atoms with E-state index in [1.54, 1.807) is 42.7 Å². The molecule has 0 fully saturated rings. The van der Waals surface area contributed by atoms with Crippen LogP contribution in [0, 0.1) is 0 Å². The highest BCUT2D eigenvalue weighted by atomic mass is 16.2. The van der Waals surface area contributed by atoms with Gasteiger partial charge in [0.15, 0.2) is 0 Å². The molecule has 0 unspecified atom stereocenters. The van der Waals surface area contributed by atoms with E-state index in [9.17, 15) is 9.59 Å². The lowest BCUT2D eigenvalue weighted by Crippen LogP contribution is -2.24. The minimum Gasteiger partial charge on any atom is -0.341 e. The van der Waals surface area contributed by atoms with Crippen molar-refractivity contribution in [2.75, 3.05) is 17.7 Å². The first kappa shape index (κ1) is 19.1. The van der Waals surface area contributed by atoms with Crippen molar-refractivity contribution in [2.24, 2.45) is 0 Å². The number of pyridine rings is 2. The van der Waals surface area contributed by atoms with E-state index in [0.29, 0.717) is 22.6 Å². The van der Waals surface area contributed by atoms with Crippen molar-refractivity contribution in [3.05, 3.63) is 84.7 Å². The molecule has 0 radical (unpaired) electrons. The molecule has 0 atom stereocenters. The second-order valence-corrected chi connectivity index (χ2v) is 6.55. The number of carbonyl (C=O) groups is 2. The number of anilines is 2. The molecule has 3 N–H and O–H groups in total. The normalized spacial score (nSPS) is 10.4. The Morgan fingerprint density at radius 1 is 0.833 bits per heavy atom. The Morgan fingerprint density at radius 3 is 2.33 bits per heavy atom. The Kier molecular flexibility index (Phi) is 5.34. The first-order valence-corrected chi connectivity index (χ1v) is 9.34. The monoisotopic (exact) mass is 397 g/mol. The molecule has 148 valence electrons. The van der Waals surface area contributed by atoms with Crippen LogP contribution >= 0.6 is 0 Å². The van der Waals surface area contributed by atoms with Gasteiger partial charge in [0, 0.05) is 41.8 Å². The molecule has 0 bridgehead atoms. The highest BCUT2D eigenvalue weighted by molar-refractivity contribution is 6.13. The smallest absolute Gasteiger partial charge is 0.318 e. The molecule has 2 aromatic heterocycles. The van der Waals surface area contributed by atoms with Gasteiger partial charge in [-0.2, -0.15) is 0 Å². The summed E-state index contributed by atoms with van der Waals surface area (Å²) in [5, 5.41) is 8.85. The number of aromatic nitrogens is 2. The number of nitrogens with one attached hydrogen (secondary N) is 3. The van der Waals surface area contributed by atoms with Gasteiger partial charge < -0.3 is 16.0 Å². The van der Waals surface area contributed by atoms with Crippen molar-refractivity contribution < 1.29 is 9.59 Å². The van der Waals surface area contributed by atoms with Crippen LogP contribution in [0.1, 0.15) is 10.4 Å². The Labute approximate surface area is 173 Å². The first-order chi connectivity index (χ1) is 14.6. The van der Waals surface area contributed by atoms with Crippen LogP contribution in [-0.2, 0) is 0 Å². The fraction of sp³-hybridized carbons (Fsp3) is 0.0435. The number of carbonyl (C=O) groups excluding carboxylic acids is 2. The van der Waals surface area contributed by atoms with Gasteiger partial charge >= 0.3 is 6.03 Å². The molecule has 4 rings (SSSR count). The maximum atomic E-state index is 13.2. The Hall–Kier alpha value is -4.26. The van der Waals surface area contributed by atoms with Crippen molar-refractivity contribution in [1.29, 1.82) is 0 Å². The van der Waals surface area contributed by atoms with Gasteiger partial charge in [-0.15, -0.1) is 0 Å². The van der Waals surface area contributed by atoms with Gasteiger partial charge in [-0.3, -0.25) is 9.78 Å². The summed E-state index contributed by atoms with van der Waals surface area (Å²) in [7, 11) is 1.54. The maximum Gasteiger partial charge on any atom is 0.318 e. The van der Waals surface area contributed by atoms with Crippen LogP contribution in [-0.4, -0.2) is 29.0 Å². The Bertz CT molecular complexity index is 1220. The average molecular weight is 397 g/mol. The zero-order chi connectivity index (χ0) is 20.9. The van der Waals surface area contributed by atoms with Crippen molar-refractivity contribution >= 4 is 34.2 Å². The molecule has 2 aromatic carbocycles. The summed E-state index contributed by atoms with van der Waals surface area (Å²) in [6.07, 6.45) is 3.38. The fourth-order valence-corrected chi connectivity index (χ4v) is 3.10. The SMILES string of the molecule is CNC(=O)Nc1cccc(NC(=O)c2cc(-c3ccncc3)nc3ccccc23)c1. The van der Waals surface area contributed by atoms with Gasteiger partial charge in [0.2, 0.25) is 0 Å². The number of urea groups is 1. The van der Waals surface area contributed by atoms with Crippen molar-refractivity contribution in [3.8, 4) is 11.3 Å². The molecular weight excluding hydrogens is 378 g/mol. The van der Waals surface area contributed by atoms with Crippen molar-refractivity contribution in [2.45, 2.75) is 0 Å². The number of fused-ring (bicyclic) bond motifs is 1. The lowest BCUT2D eigenvalue weighted by Gasteiger charge is -2.12. The molecule has 4 aromatic rings. The largest absolute Gasteiger partial charge is 0.341 e. The predicted octanol–water partition coefficient (Wildman–Crippen LogP) is 4.30. The standard InChI is InChI=1S/C23H19N5O2/c1-24-23(30)27-17-6-4-5-16(13-17)26-22(29)19-14-21(15-9-11-25-12-10-15)28-20-8-3-2-7-18(19)20/h2-14H,1H3,(H,26,29)(H2,24,27,30). The molecule has 0 saturated carbocycles. The van der Waals surface area contributed by atoms with Crippen LogP contribution in [0.15, 0.2) is 79.1 Å². The highest BCUT2D eigenvalue weighted by Gasteiger charge is 2.14. The van der Waals surface area contributed by atoms with E-state index >= 15 is 0 Å². The summed E-state index contributed by atoms with van der Waals surface area (Å²) >= 11 is 0. The quantitative estimate of drug-likeness (QED) is 0.478. The van der Waals surface area contributed by atoms with Crippen LogP contribution in [0.2, 0.25) is 0 Å². The van der Waals surface area contributed by atoms with Crippen LogP contribution in [0.25, 0.3) is 22.2 Å². The Balaban J connectivity index is 1.69. The molecule has 30 heavy (non-hydrogen) atoms. The van der Waals surface area contributed by atoms with Gasteiger partial charge in [-0.1, -0.05) is 24.3 Å². The van der Waals surface area contributed by atoms with E-state index in [2.05, 4.69) is 25.9 Å². The van der Waals surface area contributed by atoms with E-state index in [1.165, 1.54) is 7.05 Å². The van der Waals surface area contributed by atoms with E-state index in [1.807, 2.05) is 36.4 Å². The van der Waals surface area contributed by atoms with E-state index in [-0.39, 0.29) is 11.9 Å². The van der Waals surface area contributed by atoms with Crippen LogP contribution in [0.4, 0.5) is 16.2 Å². The lowest BCUT2D eigenvalue weighted by atomic mass is 10.0. The van der Waals surface area contributed by atoms with Crippen LogP contribution < -0.4 is 16.0 Å². The van der Waals surface area contributed by atoms with Crippen molar-refractivity contribution in [3.63, 3.8) is 0 Å². The zero-order valence-corrected chi connectivity index (χ0v) is 16.2. The topological polar surface area (TPSA) is 96.0 Å². The summed E-state index contributed by atoms with van der Waals surface area (Å²) in [6.45, 7) is 0. The number of benzene rings is 2. The number of hydrogen-bond acceptors (Lipinski definition) is 4. The molecule has 0 spiro atoms. The number of amides is 3. The zero-order valence-electron chi connectivity index (χ0n) is 16.2. The summed E-state index contributed by atoms with van der Waals surface area (Å²) in [4.78, 5) is 33.4. The molecule has 0 saturated heterocycles. The summed E-state index contributed by atoms with van der Waals surface area (Å²) in [5.74, 6) is -0.263. The van der Waals surface area contributed by atoms with E-state index in [4.69, 9.17) is 0 Å². The summed E-state index contributed by atoms with van der Waals surface area (Å²) in [5.41, 5.74) is 3.95. The molecular formula is C23H19N5O2. The first-order valence-electron chi connectivity index (χ1n) is 9.34. The number of para-hydroxylation sites is 1. The van der Waals surface area contributed by atoms with E-state index in [0.717, 1.165) is 16.5 Å². The molecule has 0 aliphatic carbocycles. The maximum absolute atomic E-state index is 13.2. The number of hydrogen-bond donors (Lipinski definition) is 3. The second-order valence-electron chi connectivity index (χ2n) is 6.55. The molecule has 7 nitrogen and oxygen atoms in total. The number of nitrogens with zero attached hydrogens (tertiary/aromatic N) is 2. The molecule has 0 aliphatic heterocycles.